The first-order chi connectivity index (χ1) is 28.0. The smallest absolute Gasteiger partial charge is 0.268 e. The van der Waals surface area contributed by atoms with E-state index in [0.717, 1.165) is 64.2 Å². The number of rotatable bonds is 38. The van der Waals surface area contributed by atoms with Crippen molar-refractivity contribution in [2.24, 2.45) is 0 Å². The summed E-state index contributed by atoms with van der Waals surface area (Å²) in [5.41, 5.74) is 0. The number of amides is 1. The molecule has 0 aromatic heterocycles. The van der Waals surface area contributed by atoms with Crippen molar-refractivity contribution in [2.45, 2.75) is 154 Å². The molecule has 0 aliphatic carbocycles. The van der Waals surface area contributed by atoms with E-state index in [0.29, 0.717) is 23.9 Å². The zero-order valence-corrected chi connectivity index (χ0v) is 38.1. The lowest BCUT2D eigenvalue weighted by molar-refractivity contribution is -0.870. The summed E-state index contributed by atoms with van der Waals surface area (Å²) in [7, 11) is 1.17. The number of aliphatic hydroxyl groups excluding tert-OH is 1. The van der Waals surface area contributed by atoms with Gasteiger partial charge in [-0.25, -0.2) is 0 Å². The van der Waals surface area contributed by atoms with Gasteiger partial charge in [-0.1, -0.05) is 162 Å². The number of phosphoric acid groups is 1. The molecule has 0 fully saturated rings. The summed E-state index contributed by atoms with van der Waals surface area (Å²) in [6.45, 7) is 4.40. The van der Waals surface area contributed by atoms with Gasteiger partial charge in [0.05, 0.1) is 39.9 Å². The molecule has 0 rings (SSSR count). The number of allylic oxidation sites excluding steroid dienone is 17. The molecule has 0 aliphatic rings. The largest absolute Gasteiger partial charge is 0.756 e. The van der Waals surface area contributed by atoms with Gasteiger partial charge in [0, 0.05) is 6.42 Å². The van der Waals surface area contributed by atoms with Crippen molar-refractivity contribution in [3.8, 4) is 0 Å². The highest BCUT2D eigenvalue weighted by molar-refractivity contribution is 7.45. The normalized spacial score (nSPS) is 15.4. The van der Waals surface area contributed by atoms with E-state index in [1.165, 1.54) is 44.9 Å². The molecule has 0 radical (unpaired) electrons. The molecular weight excluding hydrogens is 744 g/mol. The Kier molecular flexibility index (Phi) is 37.7. The lowest BCUT2D eigenvalue weighted by atomic mass is 10.1. The van der Waals surface area contributed by atoms with Crippen molar-refractivity contribution in [3.05, 3.63) is 109 Å². The molecule has 330 valence electrons. The fourth-order valence-electron chi connectivity index (χ4n) is 5.44. The molecular formula is C49H83N2O6P. The highest BCUT2D eigenvalue weighted by Crippen LogP contribution is 2.38. The lowest BCUT2D eigenvalue weighted by Gasteiger charge is -2.29. The minimum absolute atomic E-state index is 0.0290. The zero-order valence-electron chi connectivity index (χ0n) is 37.2. The summed E-state index contributed by atoms with van der Waals surface area (Å²) < 4.78 is 23.1. The van der Waals surface area contributed by atoms with Crippen LogP contribution in [-0.2, 0) is 18.4 Å². The molecule has 0 saturated carbocycles. The maximum absolute atomic E-state index is 12.8. The molecule has 0 bridgehead atoms. The average molecular weight is 827 g/mol. The summed E-state index contributed by atoms with van der Waals surface area (Å²) in [4.78, 5) is 25.3. The van der Waals surface area contributed by atoms with E-state index in [4.69, 9.17) is 9.05 Å². The number of unbranched alkanes of at least 4 members (excludes halogenated alkanes) is 9. The third-order valence-electron chi connectivity index (χ3n) is 8.96. The Balaban J connectivity index is 4.67. The van der Waals surface area contributed by atoms with Crippen LogP contribution in [0, 0.1) is 0 Å². The van der Waals surface area contributed by atoms with Gasteiger partial charge in [0.1, 0.15) is 13.2 Å². The molecule has 0 aromatic rings. The number of hydrogen-bond acceptors (Lipinski definition) is 6. The number of likely N-dealkylation sites (N-methyl/N-ethyl adjacent to an activating group) is 1. The predicted octanol–water partition coefficient (Wildman–Crippen LogP) is 11.9. The number of phosphoric ester groups is 1. The number of carbonyl (C=O) groups is 1. The van der Waals surface area contributed by atoms with Crippen LogP contribution in [0.1, 0.15) is 142 Å². The Bertz CT molecular complexity index is 1300. The first kappa shape index (κ1) is 55.2. The molecule has 8 nitrogen and oxygen atoms in total. The minimum Gasteiger partial charge on any atom is -0.756 e. The molecule has 0 heterocycles. The molecule has 0 aromatic carbocycles. The van der Waals surface area contributed by atoms with Crippen LogP contribution in [0.4, 0.5) is 0 Å². The summed E-state index contributed by atoms with van der Waals surface area (Å²) in [5.74, 6) is -0.299. The first-order valence-electron chi connectivity index (χ1n) is 22.2. The van der Waals surface area contributed by atoms with Crippen LogP contribution >= 0.6 is 7.82 Å². The van der Waals surface area contributed by atoms with Crippen molar-refractivity contribution in [1.82, 2.24) is 5.32 Å². The quantitative estimate of drug-likeness (QED) is 0.0278. The van der Waals surface area contributed by atoms with Gasteiger partial charge in [-0.15, -0.1) is 0 Å². The Morgan fingerprint density at radius 3 is 1.59 bits per heavy atom. The highest BCUT2D eigenvalue weighted by atomic mass is 31.2. The van der Waals surface area contributed by atoms with E-state index in [2.05, 4.69) is 104 Å². The van der Waals surface area contributed by atoms with Gasteiger partial charge in [-0.3, -0.25) is 9.36 Å². The Labute approximate surface area is 355 Å². The van der Waals surface area contributed by atoms with Crippen molar-refractivity contribution in [1.29, 1.82) is 0 Å². The van der Waals surface area contributed by atoms with Crippen molar-refractivity contribution >= 4 is 13.7 Å². The Morgan fingerprint density at radius 2 is 1.07 bits per heavy atom. The molecule has 0 aliphatic heterocycles. The van der Waals surface area contributed by atoms with E-state index in [9.17, 15) is 19.4 Å². The molecule has 1 amide bonds. The second-order valence-corrected chi connectivity index (χ2v) is 17.1. The van der Waals surface area contributed by atoms with Gasteiger partial charge >= 0.3 is 0 Å². The van der Waals surface area contributed by atoms with Crippen LogP contribution < -0.4 is 10.2 Å². The number of quaternary nitrogens is 1. The second kappa shape index (κ2) is 39.6. The minimum atomic E-state index is -4.63. The summed E-state index contributed by atoms with van der Waals surface area (Å²) in [6, 6.07) is -0.957. The summed E-state index contributed by atoms with van der Waals surface area (Å²) in [5, 5.41) is 13.7. The van der Waals surface area contributed by atoms with Crippen molar-refractivity contribution in [2.75, 3.05) is 40.9 Å². The second-order valence-electron chi connectivity index (χ2n) is 15.6. The van der Waals surface area contributed by atoms with Crippen molar-refractivity contribution in [3.63, 3.8) is 0 Å². The molecule has 3 atom stereocenters. The SMILES string of the molecule is CC/C=C\C/C=C\C/C=C\C/C=C\C/C=C\C/C=C\CCC(=O)NC(COP(=O)([O-])OCC[N+](C)(C)C)C(O)/C=C/CC/C=C/CC/C=C/CCCCCCCCC. The van der Waals surface area contributed by atoms with E-state index in [-0.39, 0.29) is 18.9 Å². The molecule has 3 unspecified atom stereocenters. The topological polar surface area (TPSA) is 108 Å². The average Bonchev–Trinajstić information content (AvgIpc) is 3.17. The number of hydrogen-bond donors (Lipinski definition) is 2. The zero-order chi connectivity index (χ0) is 42.8. The van der Waals surface area contributed by atoms with Gasteiger partial charge in [0.15, 0.2) is 0 Å². The molecule has 9 heteroatoms. The van der Waals surface area contributed by atoms with Crippen LogP contribution in [0.2, 0.25) is 0 Å². The van der Waals surface area contributed by atoms with Gasteiger partial charge in [-0.05, 0) is 83.5 Å². The number of carbonyl (C=O) groups excluding carboxylic acids is 1. The number of nitrogens with one attached hydrogen (secondary N) is 1. The standard InChI is InChI=1S/C49H83N2O6P/c1-6-8-10-12-14-16-18-20-22-24-25-27-29-31-33-35-37-39-41-43-49(53)50-47(46-57-58(54,55)56-45-44-51(3,4)5)48(52)42-40-38-36-34-32-30-28-26-23-21-19-17-15-13-11-9-7-2/h8,10,14,16,20,22-23,25-27,31-34,37,39-40,42,47-48,52H,6-7,9,11-13,15,17-19,21,24,28-30,35-36,38,41,43-46H2,1-5H3,(H-,50,53,54,55)/b10-8-,16-14-,22-20-,26-23+,27-25-,33-31-,34-32+,39-37-,42-40+. The van der Waals surface area contributed by atoms with Crippen molar-refractivity contribution < 1.29 is 32.9 Å². The Morgan fingerprint density at radius 1 is 0.621 bits per heavy atom. The van der Waals surface area contributed by atoms with Gasteiger partial charge in [-0.2, -0.15) is 0 Å². The van der Waals surface area contributed by atoms with Crippen LogP contribution in [0.5, 0.6) is 0 Å². The highest BCUT2D eigenvalue weighted by Gasteiger charge is 2.23. The van der Waals surface area contributed by atoms with Crippen LogP contribution in [-0.4, -0.2) is 68.5 Å². The van der Waals surface area contributed by atoms with E-state index >= 15 is 0 Å². The van der Waals surface area contributed by atoms with Crippen LogP contribution in [0.25, 0.3) is 0 Å². The van der Waals surface area contributed by atoms with Crippen LogP contribution in [0.15, 0.2) is 109 Å². The maximum atomic E-state index is 12.8. The van der Waals surface area contributed by atoms with Crippen LogP contribution in [0.3, 0.4) is 0 Å². The fourth-order valence-corrected chi connectivity index (χ4v) is 6.16. The molecule has 2 N–H and O–H groups in total. The van der Waals surface area contributed by atoms with E-state index in [1.807, 2.05) is 39.4 Å². The van der Waals surface area contributed by atoms with Gasteiger partial charge in [0.25, 0.3) is 7.82 Å². The number of nitrogens with zero attached hydrogens (tertiary/aromatic N) is 1. The van der Waals surface area contributed by atoms with E-state index < -0.39 is 26.6 Å². The van der Waals surface area contributed by atoms with E-state index in [1.54, 1.807) is 6.08 Å². The molecule has 0 saturated heterocycles. The Hall–Kier alpha value is -2.84. The summed E-state index contributed by atoms with van der Waals surface area (Å²) >= 11 is 0. The third kappa shape index (κ3) is 41.3. The van der Waals surface area contributed by atoms with Gasteiger partial charge < -0.3 is 28.8 Å². The number of aliphatic hydroxyl groups is 1. The fraction of sp³-hybridized carbons (Fsp3) is 0.612. The summed E-state index contributed by atoms with van der Waals surface area (Å²) in [6.07, 6.45) is 57.3. The lowest BCUT2D eigenvalue weighted by Crippen LogP contribution is -2.45. The predicted molar refractivity (Wildman–Crippen MR) is 246 cm³/mol. The third-order valence-corrected chi connectivity index (χ3v) is 9.92. The monoisotopic (exact) mass is 827 g/mol. The maximum Gasteiger partial charge on any atom is 0.268 e. The first-order valence-corrected chi connectivity index (χ1v) is 23.7. The van der Waals surface area contributed by atoms with Gasteiger partial charge in [0.2, 0.25) is 5.91 Å². The molecule has 58 heavy (non-hydrogen) atoms. The molecule has 0 spiro atoms.